The number of halogens is 1. The first-order valence-electron chi connectivity index (χ1n) is 7.96. The van der Waals surface area contributed by atoms with Crippen molar-refractivity contribution in [1.82, 2.24) is 5.32 Å². The molecule has 1 N–H and O–H groups in total. The Hall–Kier alpha value is -1.09. The maximum Gasteiger partial charge on any atom is 0.146 e. The fraction of sp³-hybridized carbons (Fsp3) is 0.647. The highest BCUT2D eigenvalue weighted by Gasteiger charge is 2.23. The van der Waals surface area contributed by atoms with Crippen molar-refractivity contribution in [1.29, 1.82) is 0 Å². The smallest absolute Gasteiger partial charge is 0.146 e. The van der Waals surface area contributed by atoms with Crippen LogP contribution in [0.1, 0.15) is 58.1 Å². The van der Waals surface area contributed by atoms with Crippen LogP contribution in [0, 0.1) is 5.82 Å². The van der Waals surface area contributed by atoms with Crippen LogP contribution in [0.25, 0.3) is 0 Å². The molecule has 0 radical (unpaired) electrons. The molecule has 1 aromatic rings. The maximum absolute atomic E-state index is 14.5. The van der Waals surface area contributed by atoms with E-state index in [1.165, 1.54) is 25.7 Å². The maximum atomic E-state index is 14.5. The molecule has 1 fully saturated rings. The topological polar surface area (TPSA) is 15.3 Å². The monoisotopic (exact) mass is 278 g/mol. The van der Waals surface area contributed by atoms with Crippen molar-refractivity contribution in [2.45, 2.75) is 58.5 Å². The number of rotatable bonds is 6. The Morgan fingerprint density at radius 1 is 1.30 bits per heavy atom. The summed E-state index contributed by atoms with van der Waals surface area (Å²) in [5.41, 5.74) is 1.79. The highest BCUT2D eigenvalue weighted by molar-refractivity contribution is 5.50. The van der Waals surface area contributed by atoms with Crippen LogP contribution >= 0.6 is 0 Å². The van der Waals surface area contributed by atoms with Gasteiger partial charge in [-0.3, -0.25) is 0 Å². The molecule has 0 spiro atoms. The van der Waals surface area contributed by atoms with Gasteiger partial charge in [0.1, 0.15) is 5.82 Å². The summed E-state index contributed by atoms with van der Waals surface area (Å²) in [4.78, 5) is 2.24. The molecule has 0 amide bonds. The first-order chi connectivity index (χ1) is 9.67. The van der Waals surface area contributed by atoms with Crippen LogP contribution in [-0.2, 0) is 0 Å². The predicted molar refractivity (Wildman–Crippen MR) is 83.8 cm³/mol. The molecule has 1 aliphatic carbocycles. The van der Waals surface area contributed by atoms with Crippen molar-refractivity contribution in [2.24, 2.45) is 0 Å². The molecule has 1 saturated carbocycles. The lowest BCUT2D eigenvalue weighted by Crippen LogP contribution is -2.33. The van der Waals surface area contributed by atoms with E-state index in [0.717, 1.165) is 24.3 Å². The van der Waals surface area contributed by atoms with E-state index in [4.69, 9.17) is 0 Å². The van der Waals surface area contributed by atoms with E-state index in [1.54, 1.807) is 6.07 Å². The second-order valence-corrected chi connectivity index (χ2v) is 5.71. The van der Waals surface area contributed by atoms with Gasteiger partial charge in [0.15, 0.2) is 0 Å². The zero-order valence-corrected chi connectivity index (χ0v) is 13.0. The molecule has 0 heterocycles. The molecular formula is C17H27FN2. The van der Waals surface area contributed by atoms with Gasteiger partial charge in [-0.15, -0.1) is 0 Å². The lowest BCUT2D eigenvalue weighted by atomic mass is 10.1. The second kappa shape index (κ2) is 7.07. The van der Waals surface area contributed by atoms with Gasteiger partial charge in [0, 0.05) is 18.6 Å². The normalized spacial score (nSPS) is 17.4. The number of hydrogen-bond acceptors (Lipinski definition) is 2. The van der Waals surface area contributed by atoms with E-state index in [1.807, 2.05) is 6.07 Å². The third-order valence-electron chi connectivity index (χ3n) is 4.40. The summed E-state index contributed by atoms with van der Waals surface area (Å²) in [6, 6.07) is 6.43. The lowest BCUT2D eigenvalue weighted by molar-refractivity contribution is 0.565. The van der Waals surface area contributed by atoms with Crippen LogP contribution in [0.3, 0.4) is 0 Å². The highest BCUT2D eigenvalue weighted by Crippen LogP contribution is 2.31. The molecule has 1 aromatic carbocycles. The molecule has 1 unspecified atom stereocenters. The van der Waals surface area contributed by atoms with Crippen LogP contribution < -0.4 is 10.2 Å². The summed E-state index contributed by atoms with van der Waals surface area (Å²) in [5.74, 6) is -0.0824. The van der Waals surface area contributed by atoms with Crippen molar-refractivity contribution >= 4 is 5.69 Å². The van der Waals surface area contributed by atoms with Gasteiger partial charge in [0.25, 0.3) is 0 Å². The van der Waals surface area contributed by atoms with E-state index < -0.39 is 0 Å². The average molecular weight is 278 g/mol. The van der Waals surface area contributed by atoms with Gasteiger partial charge in [-0.1, -0.05) is 25.8 Å². The largest absolute Gasteiger partial charge is 0.366 e. The quantitative estimate of drug-likeness (QED) is 0.836. The van der Waals surface area contributed by atoms with Crippen molar-refractivity contribution in [2.75, 3.05) is 18.0 Å². The van der Waals surface area contributed by atoms with Crippen LogP contribution in [0.5, 0.6) is 0 Å². The number of anilines is 1. The molecule has 2 nitrogen and oxygen atoms in total. The summed E-state index contributed by atoms with van der Waals surface area (Å²) in [6.45, 7) is 8.04. The highest BCUT2D eigenvalue weighted by atomic mass is 19.1. The standard InChI is InChI=1S/C17H27FN2/c1-4-19-13(3)14-10-11-17(16(18)12-14)20(5-2)15-8-6-7-9-15/h10-13,15,19H,4-9H2,1-3H3. The third kappa shape index (κ3) is 3.32. The van der Waals surface area contributed by atoms with Gasteiger partial charge in [-0.25, -0.2) is 4.39 Å². The van der Waals surface area contributed by atoms with Crippen molar-refractivity contribution < 1.29 is 4.39 Å². The zero-order chi connectivity index (χ0) is 14.5. The lowest BCUT2D eigenvalue weighted by Gasteiger charge is -2.30. The molecule has 3 heteroatoms. The summed E-state index contributed by atoms with van der Waals surface area (Å²) < 4.78 is 14.5. The minimum atomic E-state index is -0.0824. The van der Waals surface area contributed by atoms with E-state index in [0.29, 0.717) is 6.04 Å². The SMILES string of the molecule is CCNC(C)c1ccc(N(CC)C2CCCC2)c(F)c1. The van der Waals surface area contributed by atoms with Crippen molar-refractivity contribution in [3.05, 3.63) is 29.6 Å². The molecule has 0 aromatic heterocycles. The minimum absolute atomic E-state index is 0.0824. The Labute approximate surface area is 122 Å². The molecule has 1 aliphatic rings. The first kappa shape index (κ1) is 15.3. The van der Waals surface area contributed by atoms with E-state index in [-0.39, 0.29) is 11.9 Å². The summed E-state index contributed by atoms with van der Waals surface area (Å²) in [5, 5.41) is 3.33. The van der Waals surface area contributed by atoms with Crippen LogP contribution in [-0.4, -0.2) is 19.1 Å². The summed E-state index contributed by atoms with van der Waals surface area (Å²) >= 11 is 0. The Morgan fingerprint density at radius 3 is 2.55 bits per heavy atom. The van der Waals surface area contributed by atoms with Gasteiger partial charge in [-0.05, 0) is 50.9 Å². The number of benzene rings is 1. The van der Waals surface area contributed by atoms with Crippen molar-refractivity contribution in [3.63, 3.8) is 0 Å². The fourth-order valence-corrected chi connectivity index (χ4v) is 3.29. The Bertz CT molecular complexity index is 427. The Morgan fingerprint density at radius 2 is 2.00 bits per heavy atom. The molecule has 112 valence electrons. The molecule has 0 saturated heterocycles. The molecule has 1 atom stereocenters. The summed E-state index contributed by atoms with van der Waals surface area (Å²) in [6.07, 6.45) is 4.95. The fourth-order valence-electron chi connectivity index (χ4n) is 3.29. The Kier molecular flexibility index (Phi) is 5.41. The number of nitrogens with one attached hydrogen (secondary N) is 1. The van der Waals surface area contributed by atoms with Crippen LogP contribution in [0.4, 0.5) is 10.1 Å². The molecule has 2 rings (SSSR count). The van der Waals surface area contributed by atoms with Gasteiger partial charge in [-0.2, -0.15) is 0 Å². The number of hydrogen-bond donors (Lipinski definition) is 1. The first-order valence-corrected chi connectivity index (χ1v) is 7.96. The average Bonchev–Trinajstić information content (AvgIpc) is 2.95. The van der Waals surface area contributed by atoms with E-state index in [9.17, 15) is 4.39 Å². The van der Waals surface area contributed by atoms with E-state index in [2.05, 4.69) is 37.1 Å². The van der Waals surface area contributed by atoms with Gasteiger partial charge in [0.2, 0.25) is 0 Å². The second-order valence-electron chi connectivity index (χ2n) is 5.71. The predicted octanol–water partition coefficient (Wildman–Crippen LogP) is 4.27. The summed E-state index contributed by atoms with van der Waals surface area (Å²) in [7, 11) is 0. The van der Waals surface area contributed by atoms with Gasteiger partial charge < -0.3 is 10.2 Å². The number of nitrogens with zero attached hydrogens (tertiary/aromatic N) is 1. The van der Waals surface area contributed by atoms with Gasteiger partial charge >= 0.3 is 0 Å². The third-order valence-corrected chi connectivity index (χ3v) is 4.40. The molecule has 20 heavy (non-hydrogen) atoms. The molecule has 0 bridgehead atoms. The minimum Gasteiger partial charge on any atom is -0.366 e. The van der Waals surface area contributed by atoms with Crippen LogP contribution in [0.15, 0.2) is 18.2 Å². The molecular weight excluding hydrogens is 251 g/mol. The molecule has 0 aliphatic heterocycles. The Balaban J connectivity index is 2.19. The van der Waals surface area contributed by atoms with Gasteiger partial charge in [0.05, 0.1) is 5.69 Å². The van der Waals surface area contributed by atoms with E-state index >= 15 is 0 Å². The van der Waals surface area contributed by atoms with Crippen molar-refractivity contribution in [3.8, 4) is 0 Å². The van der Waals surface area contributed by atoms with Crippen LogP contribution in [0.2, 0.25) is 0 Å². The zero-order valence-electron chi connectivity index (χ0n) is 13.0.